The summed E-state index contributed by atoms with van der Waals surface area (Å²) >= 11 is 1.91. The highest BCUT2D eigenvalue weighted by Gasteiger charge is 2.02. The summed E-state index contributed by atoms with van der Waals surface area (Å²) in [5, 5.41) is 0. The van der Waals surface area contributed by atoms with Crippen LogP contribution >= 0.6 is 11.8 Å². The summed E-state index contributed by atoms with van der Waals surface area (Å²) < 4.78 is 0. The van der Waals surface area contributed by atoms with Crippen molar-refractivity contribution in [1.82, 2.24) is 0 Å². The Hall–Kier alpha value is -0.430. The number of allylic oxidation sites excluding steroid dienone is 3. The second kappa shape index (κ2) is 8.18. The van der Waals surface area contributed by atoms with Gasteiger partial charge in [0.05, 0.1) is 0 Å². The molecule has 0 saturated heterocycles. The lowest BCUT2D eigenvalue weighted by Gasteiger charge is -2.09. The third-order valence-electron chi connectivity index (χ3n) is 1.80. The first-order chi connectivity index (χ1) is 6.22. The van der Waals surface area contributed by atoms with Crippen molar-refractivity contribution in [2.75, 3.05) is 11.5 Å². The maximum Gasteiger partial charge on any atom is 0.0110 e. The van der Waals surface area contributed by atoms with Crippen molar-refractivity contribution in [1.29, 1.82) is 0 Å². The minimum atomic E-state index is 0.577. The second-order valence-corrected chi connectivity index (χ2v) is 4.19. The minimum absolute atomic E-state index is 0.577. The first-order valence-electron chi connectivity index (χ1n) is 4.76. The molecule has 1 heteroatoms. The molecule has 0 aliphatic carbocycles. The Morgan fingerprint density at radius 2 is 2.23 bits per heavy atom. The standard InChI is InChI=1S/C12H20S/c1-5-7-8-11(3)12(4)10-13-9-6-2/h6-8,12H,2-3,5,9-10H2,1,4H3/b8-7+. The molecule has 0 aromatic heterocycles. The fraction of sp³-hybridized carbons (Fsp3) is 0.500. The summed E-state index contributed by atoms with van der Waals surface area (Å²) in [5.74, 6) is 2.75. The topological polar surface area (TPSA) is 0 Å². The third kappa shape index (κ3) is 6.71. The Labute approximate surface area is 86.8 Å². The molecule has 0 saturated carbocycles. The lowest BCUT2D eigenvalue weighted by atomic mass is 10.0. The van der Waals surface area contributed by atoms with E-state index >= 15 is 0 Å². The van der Waals surface area contributed by atoms with Crippen LogP contribution in [0.5, 0.6) is 0 Å². The van der Waals surface area contributed by atoms with Gasteiger partial charge in [0, 0.05) is 11.5 Å². The molecule has 0 heterocycles. The maximum absolute atomic E-state index is 4.04. The molecule has 0 aromatic carbocycles. The molecule has 0 aliphatic heterocycles. The summed E-state index contributed by atoms with van der Waals surface area (Å²) in [5.41, 5.74) is 1.23. The molecular weight excluding hydrogens is 176 g/mol. The van der Waals surface area contributed by atoms with Crippen LogP contribution in [-0.2, 0) is 0 Å². The fourth-order valence-electron chi connectivity index (χ4n) is 0.869. The molecule has 74 valence electrons. The van der Waals surface area contributed by atoms with Crippen molar-refractivity contribution < 1.29 is 0 Å². The van der Waals surface area contributed by atoms with Gasteiger partial charge in [0.2, 0.25) is 0 Å². The minimum Gasteiger partial charge on any atom is -0.157 e. The Bertz CT molecular complexity index is 180. The Morgan fingerprint density at radius 3 is 2.77 bits per heavy atom. The molecule has 0 radical (unpaired) electrons. The van der Waals surface area contributed by atoms with Gasteiger partial charge in [0.25, 0.3) is 0 Å². The molecule has 0 rings (SSSR count). The molecule has 0 aromatic rings. The Morgan fingerprint density at radius 1 is 1.54 bits per heavy atom. The van der Waals surface area contributed by atoms with E-state index in [0.717, 1.165) is 17.9 Å². The normalized spacial score (nSPS) is 13.1. The molecule has 0 spiro atoms. The lowest BCUT2D eigenvalue weighted by molar-refractivity contribution is 0.809. The first kappa shape index (κ1) is 12.6. The van der Waals surface area contributed by atoms with Gasteiger partial charge in [0.15, 0.2) is 0 Å². The van der Waals surface area contributed by atoms with Gasteiger partial charge in [-0.05, 0) is 12.3 Å². The molecule has 0 aliphatic rings. The average Bonchev–Trinajstić information content (AvgIpc) is 2.14. The highest BCUT2D eigenvalue weighted by Crippen LogP contribution is 2.16. The van der Waals surface area contributed by atoms with E-state index in [2.05, 4.69) is 39.2 Å². The van der Waals surface area contributed by atoms with Gasteiger partial charge >= 0.3 is 0 Å². The maximum atomic E-state index is 4.04. The van der Waals surface area contributed by atoms with Gasteiger partial charge in [-0.15, -0.1) is 6.58 Å². The van der Waals surface area contributed by atoms with Crippen LogP contribution in [0.4, 0.5) is 0 Å². The zero-order chi connectivity index (χ0) is 10.1. The van der Waals surface area contributed by atoms with Gasteiger partial charge in [-0.1, -0.05) is 44.2 Å². The quantitative estimate of drug-likeness (QED) is 0.336. The van der Waals surface area contributed by atoms with Crippen molar-refractivity contribution in [2.45, 2.75) is 20.3 Å². The summed E-state index contributed by atoms with van der Waals surface area (Å²) in [6.07, 6.45) is 7.34. The van der Waals surface area contributed by atoms with E-state index in [1.165, 1.54) is 5.57 Å². The molecule has 0 nitrogen and oxygen atoms in total. The molecule has 1 unspecified atom stereocenters. The third-order valence-corrected chi connectivity index (χ3v) is 3.01. The Kier molecular flexibility index (Phi) is 7.91. The number of hydrogen-bond acceptors (Lipinski definition) is 1. The van der Waals surface area contributed by atoms with Gasteiger partial charge < -0.3 is 0 Å². The number of thioether (sulfide) groups is 1. The molecule has 13 heavy (non-hydrogen) atoms. The summed E-state index contributed by atoms with van der Waals surface area (Å²) in [6.45, 7) is 12.1. The fourth-order valence-corrected chi connectivity index (χ4v) is 1.74. The van der Waals surface area contributed by atoms with E-state index in [-0.39, 0.29) is 0 Å². The average molecular weight is 196 g/mol. The molecule has 0 amide bonds. The van der Waals surface area contributed by atoms with Gasteiger partial charge in [-0.2, -0.15) is 11.8 Å². The van der Waals surface area contributed by atoms with E-state index in [9.17, 15) is 0 Å². The van der Waals surface area contributed by atoms with Crippen LogP contribution in [0.1, 0.15) is 20.3 Å². The van der Waals surface area contributed by atoms with Crippen LogP contribution in [0.3, 0.4) is 0 Å². The summed E-state index contributed by atoms with van der Waals surface area (Å²) in [4.78, 5) is 0. The molecular formula is C12H20S. The molecule has 0 N–H and O–H groups in total. The van der Waals surface area contributed by atoms with Crippen molar-refractivity contribution in [3.8, 4) is 0 Å². The van der Waals surface area contributed by atoms with Crippen LogP contribution in [-0.4, -0.2) is 11.5 Å². The predicted molar refractivity (Wildman–Crippen MR) is 65.3 cm³/mol. The first-order valence-corrected chi connectivity index (χ1v) is 5.91. The summed E-state index contributed by atoms with van der Waals surface area (Å²) in [6, 6.07) is 0. The van der Waals surface area contributed by atoms with Crippen molar-refractivity contribution in [2.24, 2.45) is 5.92 Å². The highest BCUT2D eigenvalue weighted by atomic mass is 32.2. The van der Waals surface area contributed by atoms with E-state index in [1.54, 1.807) is 0 Å². The zero-order valence-corrected chi connectivity index (χ0v) is 9.57. The summed E-state index contributed by atoms with van der Waals surface area (Å²) in [7, 11) is 0. The number of hydrogen-bond donors (Lipinski definition) is 0. The van der Waals surface area contributed by atoms with Crippen LogP contribution in [0.15, 0.2) is 37.0 Å². The predicted octanol–water partition coefficient (Wildman–Crippen LogP) is 4.06. The van der Waals surface area contributed by atoms with E-state index in [4.69, 9.17) is 0 Å². The van der Waals surface area contributed by atoms with E-state index in [0.29, 0.717) is 5.92 Å². The van der Waals surface area contributed by atoms with Crippen LogP contribution in [0, 0.1) is 5.92 Å². The smallest absolute Gasteiger partial charge is 0.0110 e. The van der Waals surface area contributed by atoms with Crippen LogP contribution in [0.2, 0.25) is 0 Å². The number of rotatable bonds is 7. The zero-order valence-electron chi connectivity index (χ0n) is 8.75. The van der Waals surface area contributed by atoms with Crippen LogP contribution in [0.25, 0.3) is 0 Å². The highest BCUT2D eigenvalue weighted by molar-refractivity contribution is 7.99. The van der Waals surface area contributed by atoms with Gasteiger partial charge in [-0.3, -0.25) is 0 Å². The van der Waals surface area contributed by atoms with Gasteiger partial charge in [-0.25, -0.2) is 0 Å². The van der Waals surface area contributed by atoms with Crippen molar-refractivity contribution in [3.05, 3.63) is 37.0 Å². The van der Waals surface area contributed by atoms with E-state index in [1.807, 2.05) is 17.8 Å². The monoisotopic (exact) mass is 196 g/mol. The van der Waals surface area contributed by atoms with Crippen molar-refractivity contribution in [3.63, 3.8) is 0 Å². The molecule has 1 atom stereocenters. The van der Waals surface area contributed by atoms with Crippen molar-refractivity contribution >= 4 is 11.8 Å². The molecule has 0 fully saturated rings. The van der Waals surface area contributed by atoms with E-state index < -0.39 is 0 Å². The largest absolute Gasteiger partial charge is 0.157 e. The lowest BCUT2D eigenvalue weighted by Crippen LogP contribution is -1.99. The SMILES string of the molecule is C=CCSCC(C)C(=C)/C=C/CC. The molecule has 0 bridgehead atoms. The Balaban J connectivity index is 3.68. The van der Waals surface area contributed by atoms with Crippen LogP contribution < -0.4 is 0 Å². The van der Waals surface area contributed by atoms with Gasteiger partial charge in [0.1, 0.15) is 0 Å². The second-order valence-electron chi connectivity index (χ2n) is 3.11.